The Morgan fingerprint density at radius 2 is 1.89 bits per heavy atom. The van der Waals surface area contributed by atoms with Crippen LogP contribution in [0, 0.1) is 12.3 Å². The van der Waals surface area contributed by atoms with E-state index in [1.165, 1.54) is 0 Å². The fraction of sp³-hybridized carbons (Fsp3) is 0.321. The Hall–Kier alpha value is -4.09. The second-order valence-corrected chi connectivity index (χ2v) is 9.39. The van der Waals surface area contributed by atoms with Gasteiger partial charge in [0.25, 0.3) is 0 Å². The molecule has 8 nitrogen and oxygen atoms in total. The standard InChI is InChI=1S/C28H24N4O4/c1-2-3-12-28(30-31-28)13-15-32-14-11-20(17-32)35-19-8-6-7-18(16-19)27-29-23-24(33)21-9-4-5-10-22(21)25(34)26(23)36-27/h1,4-10,16,20H,3,11-15,17H2/t20-/m1/s1. The van der Waals surface area contributed by atoms with E-state index in [2.05, 4.69) is 26.0 Å². The van der Waals surface area contributed by atoms with Crippen molar-refractivity contribution in [3.63, 3.8) is 0 Å². The van der Waals surface area contributed by atoms with Gasteiger partial charge in [0.1, 0.15) is 11.9 Å². The summed E-state index contributed by atoms with van der Waals surface area (Å²) in [6.07, 6.45) is 8.75. The Balaban J connectivity index is 1.12. The molecule has 180 valence electrons. The van der Waals surface area contributed by atoms with Gasteiger partial charge in [0.05, 0.1) is 0 Å². The van der Waals surface area contributed by atoms with Crippen molar-refractivity contribution in [3.8, 4) is 29.5 Å². The van der Waals surface area contributed by atoms with E-state index in [0.29, 0.717) is 28.9 Å². The minimum atomic E-state index is -0.328. The number of aromatic nitrogens is 1. The fourth-order valence-electron chi connectivity index (χ4n) is 4.88. The number of terminal acetylenes is 1. The molecule has 1 atom stereocenters. The van der Waals surface area contributed by atoms with Crippen LogP contribution >= 0.6 is 0 Å². The van der Waals surface area contributed by atoms with Crippen molar-refractivity contribution in [1.82, 2.24) is 9.88 Å². The third-order valence-corrected chi connectivity index (χ3v) is 6.96. The molecule has 1 fully saturated rings. The van der Waals surface area contributed by atoms with Crippen molar-refractivity contribution in [2.75, 3.05) is 19.6 Å². The highest BCUT2D eigenvalue weighted by Crippen LogP contribution is 2.37. The summed E-state index contributed by atoms with van der Waals surface area (Å²) in [5.41, 5.74) is 1.13. The van der Waals surface area contributed by atoms with Gasteiger partial charge in [-0.1, -0.05) is 30.3 Å². The monoisotopic (exact) mass is 480 g/mol. The van der Waals surface area contributed by atoms with Gasteiger partial charge in [-0.25, -0.2) is 4.98 Å². The van der Waals surface area contributed by atoms with Crippen LogP contribution in [-0.4, -0.2) is 52.9 Å². The highest BCUT2D eigenvalue weighted by molar-refractivity contribution is 6.26. The molecule has 8 heteroatoms. The van der Waals surface area contributed by atoms with Crippen molar-refractivity contribution in [2.45, 2.75) is 37.5 Å². The number of benzene rings is 2. The predicted octanol–water partition coefficient (Wildman–Crippen LogP) is 4.54. The zero-order chi connectivity index (χ0) is 24.7. The van der Waals surface area contributed by atoms with Crippen LogP contribution in [0.4, 0.5) is 0 Å². The number of nitrogens with zero attached hydrogens (tertiary/aromatic N) is 4. The van der Waals surface area contributed by atoms with E-state index in [4.69, 9.17) is 15.6 Å². The molecule has 0 saturated carbocycles. The minimum absolute atomic E-state index is 0.0133. The van der Waals surface area contributed by atoms with Crippen LogP contribution in [-0.2, 0) is 0 Å². The molecule has 2 aliphatic heterocycles. The number of ketones is 2. The first kappa shape index (κ1) is 22.4. The summed E-state index contributed by atoms with van der Waals surface area (Å²) in [4.78, 5) is 32.5. The molecule has 36 heavy (non-hydrogen) atoms. The van der Waals surface area contributed by atoms with Crippen LogP contribution in [0.15, 0.2) is 63.2 Å². The molecule has 1 aliphatic carbocycles. The largest absolute Gasteiger partial charge is 0.489 e. The number of hydrogen-bond donors (Lipinski definition) is 0. The summed E-state index contributed by atoms with van der Waals surface area (Å²) >= 11 is 0. The molecule has 0 amide bonds. The average molecular weight is 481 g/mol. The normalized spacial score (nSPS) is 19.6. The number of oxazole rings is 1. The number of fused-ring (bicyclic) bond motifs is 2. The lowest BCUT2D eigenvalue weighted by Crippen LogP contribution is -2.28. The lowest BCUT2D eigenvalue weighted by molar-refractivity contribution is 0.0959. The van der Waals surface area contributed by atoms with E-state index in [1.54, 1.807) is 24.3 Å². The SMILES string of the molecule is C#CCCC1(CCN2CC[C@@H](Oc3cccc(-c4nc5c(o4)C(=O)c4ccccc4C5=O)c3)C2)N=N1. The van der Waals surface area contributed by atoms with Gasteiger partial charge < -0.3 is 9.15 Å². The first-order valence-corrected chi connectivity index (χ1v) is 12.1. The molecule has 1 aromatic heterocycles. The van der Waals surface area contributed by atoms with Crippen molar-refractivity contribution in [1.29, 1.82) is 0 Å². The zero-order valence-corrected chi connectivity index (χ0v) is 19.6. The fourth-order valence-corrected chi connectivity index (χ4v) is 4.88. The van der Waals surface area contributed by atoms with E-state index in [1.807, 2.05) is 24.3 Å². The molecule has 6 rings (SSSR count). The molecule has 0 spiro atoms. The van der Waals surface area contributed by atoms with E-state index in [9.17, 15) is 9.59 Å². The molecule has 3 heterocycles. The molecule has 2 aromatic carbocycles. The Labute approximate surface area is 208 Å². The van der Waals surface area contributed by atoms with Gasteiger partial charge in [-0.05, 0) is 24.6 Å². The molecule has 0 bridgehead atoms. The Kier molecular flexibility index (Phi) is 5.50. The summed E-state index contributed by atoms with van der Waals surface area (Å²) in [5.74, 6) is 2.93. The van der Waals surface area contributed by atoms with Gasteiger partial charge in [0.15, 0.2) is 11.4 Å². The van der Waals surface area contributed by atoms with Gasteiger partial charge >= 0.3 is 0 Å². The number of carbonyl (C=O) groups excluding carboxylic acids is 2. The number of ether oxygens (including phenoxy) is 1. The van der Waals surface area contributed by atoms with Crippen LogP contribution in [0.1, 0.15) is 57.9 Å². The van der Waals surface area contributed by atoms with Gasteiger partial charge in [-0.15, -0.1) is 12.3 Å². The lowest BCUT2D eigenvalue weighted by Gasteiger charge is -2.18. The number of rotatable bonds is 8. The van der Waals surface area contributed by atoms with Crippen molar-refractivity contribution >= 4 is 11.6 Å². The highest BCUT2D eigenvalue weighted by atomic mass is 16.5. The number of likely N-dealkylation sites (tertiary alicyclic amines) is 1. The molecule has 0 N–H and O–H groups in total. The zero-order valence-electron chi connectivity index (χ0n) is 19.6. The van der Waals surface area contributed by atoms with Gasteiger partial charge in [-0.2, -0.15) is 10.2 Å². The molecule has 3 aliphatic rings. The van der Waals surface area contributed by atoms with Crippen molar-refractivity contribution in [2.24, 2.45) is 10.2 Å². The number of carbonyl (C=O) groups is 2. The lowest BCUT2D eigenvalue weighted by atomic mass is 9.91. The molecule has 3 aromatic rings. The van der Waals surface area contributed by atoms with Crippen molar-refractivity contribution < 1.29 is 18.7 Å². The summed E-state index contributed by atoms with van der Waals surface area (Å²) in [7, 11) is 0. The maximum Gasteiger partial charge on any atom is 0.231 e. The van der Waals surface area contributed by atoms with Gasteiger partial charge in [0, 0.05) is 55.6 Å². The van der Waals surface area contributed by atoms with Crippen LogP contribution in [0.25, 0.3) is 11.5 Å². The quantitative estimate of drug-likeness (QED) is 0.344. The first-order valence-electron chi connectivity index (χ1n) is 12.1. The summed E-state index contributed by atoms with van der Waals surface area (Å²) < 4.78 is 12.1. The van der Waals surface area contributed by atoms with Gasteiger partial charge in [0.2, 0.25) is 23.2 Å². The second-order valence-electron chi connectivity index (χ2n) is 9.39. The minimum Gasteiger partial charge on any atom is -0.489 e. The van der Waals surface area contributed by atoms with Crippen molar-refractivity contribution in [3.05, 3.63) is 71.1 Å². The topological polar surface area (TPSA) is 97.4 Å². The Morgan fingerprint density at radius 1 is 1.08 bits per heavy atom. The third-order valence-electron chi connectivity index (χ3n) is 6.96. The van der Waals surface area contributed by atoms with E-state index in [-0.39, 0.29) is 40.7 Å². The van der Waals surface area contributed by atoms with E-state index < -0.39 is 0 Å². The molecule has 1 saturated heterocycles. The molecular formula is C28H24N4O4. The average Bonchev–Trinajstić information content (AvgIpc) is 3.30. The maximum absolute atomic E-state index is 12.9. The van der Waals surface area contributed by atoms with Crippen LogP contribution in [0.3, 0.4) is 0 Å². The molecule has 0 radical (unpaired) electrons. The summed E-state index contributed by atoms with van der Waals surface area (Å²) in [6.45, 7) is 2.68. The smallest absolute Gasteiger partial charge is 0.231 e. The highest BCUT2D eigenvalue weighted by Gasteiger charge is 2.40. The number of hydrogen-bond acceptors (Lipinski definition) is 8. The maximum atomic E-state index is 12.9. The first-order chi connectivity index (χ1) is 17.5. The Bertz CT molecular complexity index is 1370. The van der Waals surface area contributed by atoms with Crippen LogP contribution in [0.5, 0.6) is 5.75 Å². The van der Waals surface area contributed by atoms with Crippen LogP contribution < -0.4 is 4.74 Å². The summed E-state index contributed by atoms with van der Waals surface area (Å²) in [5, 5.41) is 8.43. The van der Waals surface area contributed by atoms with E-state index in [0.717, 1.165) is 38.9 Å². The van der Waals surface area contributed by atoms with E-state index >= 15 is 0 Å². The predicted molar refractivity (Wildman–Crippen MR) is 131 cm³/mol. The summed E-state index contributed by atoms with van der Waals surface area (Å²) in [6, 6.07) is 14.1. The van der Waals surface area contributed by atoms with Crippen LogP contribution in [0.2, 0.25) is 0 Å². The van der Waals surface area contributed by atoms with Gasteiger partial charge in [-0.3, -0.25) is 14.5 Å². The molecular weight excluding hydrogens is 456 g/mol. The second kappa shape index (κ2) is 8.85. The Morgan fingerprint density at radius 3 is 2.67 bits per heavy atom. The third kappa shape index (κ3) is 4.12. The molecule has 0 unspecified atom stereocenters.